The standard InChI is InChI=1S/C21H23F3N2O4/c1-5-25(6-2)16-11-10-14(21(22,23)24)13-17(16)26-12-8-7-9-15(19(27)29-3)18(26)20(28)30-4/h7-13H,5-6H2,1-4H3. The first-order valence-electron chi connectivity index (χ1n) is 9.20. The molecule has 1 aromatic rings. The molecule has 0 saturated carbocycles. The molecular weight excluding hydrogens is 401 g/mol. The number of rotatable bonds is 6. The van der Waals surface area contributed by atoms with Gasteiger partial charge in [0.25, 0.3) is 0 Å². The molecule has 1 aliphatic rings. The summed E-state index contributed by atoms with van der Waals surface area (Å²) in [4.78, 5) is 28.0. The Labute approximate surface area is 172 Å². The molecule has 0 N–H and O–H groups in total. The summed E-state index contributed by atoms with van der Waals surface area (Å²) in [6.07, 6.45) is 1.15. The summed E-state index contributed by atoms with van der Waals surface area (Å²) in [5.41, 5.74) is -0.734. The molecule has 0 unspecified atom stereocenters. The van der Waals surface area contributed by atoms with Crippen LogP contribution in [0, 0.1) is 0 Å². The third-order valence-corrected chi connectivity index (χ3v) is 4.56. The molecule has 0 spiro atoms. The number of halogens is 3. The van der Waals surface area contributed by atoms with Gasteiger partial charge in [-0.15, -0.1) is 0 Å². The average molecular weight is 424 g/mol. The zero-order valence-corrected chi connectivity index (χ0v) is 17.1. The number of allylic oxidation sites excluding steroid dienone is 2. The maximum absolute atomic E-state index is 13.5. The van der Waals surface area contributed by atoms with E-state index in [1.54, 1.807) is 0 Å². The minimum Gasteiger partial charge on any atom is -0.465 e. The number of carbonyl (C=O) groups is 2. The van der Waals surface area contributed by atoms with Crippen molar-refractivity contribution < 1.29 is 32.2 Å². The number of methoxy groups -OCH3 is 2. The Morgan fingerprint density at radius 1 is 1.03 bits per heavy atom. The summed E-state index contributed by atoms with van der Waals surface area (Å²) in [5.74, 6) is -1.72. The Morgan fingerprint density at radius 2 is 1.67 bits per heavy atom. The van der Waals surface area contributed by atoms with Crippen LogP contribution in [0.25, 0.3) is 0 Å². The molecule has 6 nitrogen and oxygen atoms in total. The van der Waals surface area contributed by atoms with E-state index in [-0.39, 0.29) is 17.0 Å². The second kappa shape index (κ2) is 9.51. The van der Waals surface area contributed by atoms with Gasteiger partial charge < -0.3 is 19.3 Å². The number of benzene rings is 1. The van der Waals surface area contributed by atoms with E-state index in [1.807, 2.05) is 18.7 Å². The molecule has 9 heteroatoms. The summed E-state index contributed by atoms with van der Waals surface area (Å²) in [6.45, 7) is 4.76. The number of hydrogen-bond acceptors (Lipinski definition) is 6. The zero-order chi connectivity index (χ0) is 22.5. The molecule has 162 valence electrons. The van der Waals surface area contributed by atoms with Crippen molar-refractivity contribution in [1.29, 1.82) is 0 Å². The largest absolute Gasteiger partial charge is 0.465 e. The summed E-state index contributed by atoms with van der Waals surface area (Å²) < 4.78 is 49.9. The van der Waals surface area contributed by atoms with E-state index in [1.165, 1.54) is 35.4 Å². The van der Waals surface area contributed by atoms with Gasteiger partial charge in [0.2, 0.25) is 0 Å². The van der Waals surface area contributed by atoms with Crippen molar-refractivity contribution in [1.82, 2.24) is 0 Å². The number of hydrogen-bond donors (Lipinski definition) is 0. The Hall–Kier alpha value is -3.23. The molecule has 0 atom stereocenters. The van der Waals surface area contributed by atoms with E-state index in [4.69, 9.17) is 9.47 Å². The van der Waals surface area contributed by atoms with E-state index in [2.05, 4.69) is 0 Å². The van der Waals surface area contributed by atoms with Gasteiger partial charge in [0, 0.05) is 19.3 Å². The number of esters is 2. The van der Waals surface area contributed by atoms with E-state index in [9.17, 15) is 22.8 Å². The minimum absolute atomic E-state index is 0.0790. The van der Waals surface area contributed by atoms with Crippen LogP contribution in [0.3, 0.4) is 0 Å². The Morgan fingerprint density at radius 3 is 2.20 bits per heavy atom. The summed E-state index contributed by atoms with van der Waals surface area (Å²) in [7, 11) is 2.27. The van der Waals surface area contributed by atoms with Crippen LogP contribution >= 0.6 is 0 Å². The number of nitrogens with zero attached hydrogens (tertiary/aromatic N) is 2. The van der Waals surface area contributed by atoms with Gasteiger partial charge in [0.05, 0.1) is 36.7 Å². The fourth-order valence-corrected chi connectivity index (χ4v) is 3.08. The topological polar surface area (TPSA) is 59.1 Å². The molecule has 2 rings (SSSR count). The van der Waals surface area contributed by atoms with E-state index < -0.39 is 23.7 Å². The predicted octanol–water partition coefficient (Wildman–Crippen LogP) is 4.04. The molecule has 0 aliphatic carbocycles. The van der Waals surface area contributed by atoms with Crippen LogP contribution in [0.15, 0.2) is 53.9 Å². The van der Waals surface area contributed by atoms with Gasteiger partial charge in [-0.2, -0.15) is 13.2 Å². The molecule has 0 fully saturated rings. The third-order valence-electron chi connectivity index (χ3n) is 4.56. The molecule has 1 aromatic carbocycles. The van der Waals surface area contributed by atoms with Crippen LogP contribution in [0.5, 0.6) is 0 Å². The van der Waals surface area contributed by atoms with Gasteiger partial charge in [-0.1, -0.05) is 6.08 Å². The normalized spacial score (nSPS) is 13.9. The molecule has 0 bridgehead atoms. The highest BCUT2D eigenvalue weighted by molar-refractivity contribution is 6.06. The Balaban J connectivity index is 2.85. The van der Waals surface area contributed by atoms with Crippen LogP contribution in [0.1, 0.15) is 19.4 Å². The highest BCUT2D eigenvalue weighted by Crippen LogP contribution is 2.39. The molecule has 30 heavy (non-hydrogen) atoms. The number of carbonyl (C=O) groups excluding carboxylic acids is 2. The summed E-state index contributed by atoms with van der Waals surface area (Å²) in [6, 6.07) is 3.28. The van der Waals surface area contributed by atoms with Gasteiger partial charge in [0.15, 0.2) is 0 Å². The maximum atomic E-state index is 13.5. The summed E-state index contributed by atoms with van der Waals surface area (Å²) in [5, 5.41) is 0. The molecule has 0 amide bonds. The van der Waals surface area contributed by atoms with Gasteiger partial charge in [-0.3, -0.25) is 0 Å². The molecule has 0 radical (unpaired) electrons. The van der Waals surface area contributed by atoms with Crippen molar-refractivity contribution in [3.8, 4) is 0 Å². The lowest BCUT2D eigenvalue weighted by Crippen LogP contribution is -2.30. The van der Waals surface area contributed by atoms with E-state index in [0.29, 0.717) is 18.8 Å². The van der Waals surface area contributed by atoms with Crippen molar-refractivity contribution in [2.45, 2.75) is 20.0 Å². The van der Waals surface area contributed by atoms with Crippen LogP contribution in [-0.4, -0.2) is 39.2 Å². The maximum Gasteiger partial charge on any atom is 0.416 e. The fourth-order valence-electron chi connectivity index (χ4n) is 3.08. The minimum atomic E-state index is -4.59. The molecule has 0 saturated heterocycles. The van der Waals surface area contributed by atoms with Crippen molar-refractivity contribution in [3.05, 3.63) is 59.5 Å². The first-order valence-corrected chi connectivity index (χ1v) is 9.20. The van der Waals surface area contributed by atoms with Gasteiger partial charge >= 0.3 is 18.1 Å². The molecule has 0 aromatic heterocycles. The van der Waals surface area contributed by atoms with Crippen molar-refractivity contribution in [2.24, 2.45) is 0 Å². The molecule has 1 heterocycles. The van der Waals surface area contributed by atoms with Crippen molar-refractivity contribution >= 4 is 23.3 Å². The Kier molecular flexibility index (Phi) is 7.31. The van der Waals surface area contributed by atoms with Gasteiger partial charge in [-0.05, 0) is 44.2 Å². The van der Waals surface area contributed by atoms with Gasteiger partial charge in [0.1, 0.15) is 5.70 Å². The van der Waals surface area contributed by atoms with Crippen LogP contribution in [-0.2, 0) is 25.2 Å². The number of anilines is 2. The zero-order valence-electron chi connectivity index (χ0n) is 17.1. The van der Waals surface area contributed by atoms with E-state index >= 15 is 0 Å². The molecule has 1 aliphatic heterocycles. The number of ether oxygens (including phenoxy) is 2. The second-order valence-corrected chi connectivity index (χ2v) is 6.19. The van der Waals surface area contributed by atoms with Gasteiger partial charge in [-0.25, -0.2) is 9.59 Å². The number of alkyl halides is 3. The third kappa shape index (κ3) is 4.67. The first-order chi connectivity index (χ1) is 14.2. The summed E-state index contributed by atoms with van der Waals surface area (Å²) >= 11 is 0. The quantitative estimate of drug-likeness (QED) is 0.643. The van der Waals surface area contributed by atoms with Crippen LogP contribution in [0.4, 0.5) is 24.5 Å². The smallest absolute Gasteiger partial charge is 0.416 e. The first kappa shape index (κ1) is 23.1. The fraction of sp³-hybridized carbons (Fsp3) is 0.333. The Bertz CT molecular complexity index is 900. The molecular formula is C21H23F3N2O4. The highest BCUT2D eigenvalue weighted by Gasteiger charge is 2.34. The van der Waals surface area contributed by atoms with E-state index in [0.717, 1.165) is 26.4 Å². The van der Waals surface area contributed by atoms with Crippen LogP contribution < -0.4 is 9.80 Å². The second-order valence-electron chi connectivity index (χ2n) is 6.19. The lowest BCUT2D eigenvalue weighted by atomic mass is 10.1. The lowest BCUT2D eigenvalue weighted by Gasteiger charge is -2.31. The lowest BCUT2D eigenvalue weighted by molar-refractivity contribution is -0.139. The van der Waals surface area contributed by atoms with Crippen molar-refractivity contribution in [3.63, 3.8) is 0 Å². The van der Waals surface area contributed by atoms with Crippen molar-refractivity contribution in [2.75, 3.05) is 37.1 Å². The SMILES string of the molecule is CCN(CC)c1ccc(C(F)(F)F)cc1N1C=CC=CC(C(=O)OC)=C1C(=O)OC. The predicted molar refractivity (Wildman–Crippen MR) is 107 cm³/mol. The highest BCUT2D eigenvalue weighted by atomic mass is 19.4. The monoisotopic (exact) mass is 424 g/mol. The van der Waals surface area contributed by atoms with Crippen LogP contribution in [0.2, 0.25) is 0 Å². The average Bonchev–Trinajstić information content (AvgIpc) is 2.95.